The molecule has 2 fully saturated rings. The van der Waals surface area contributed by atoms with E-state index in [2.05, 4.69) is 11.0 Å². The Morgan fingerprint density at radius 2 is 1.76 bits per heavy atom. The molecule has 0 aromatic carbocycles. The molecule has 2 aliphatic rings. The summed E-state index contributed by atoms with van der Waals surface area (Å²) in [6.07, 6.45) is 10.3. The van der Waals surface area contributed by atoms with Crippen molar-refractivity contribution in [3.05, 3.63) is 0 Å². The molecule has 2 saturated carbocycles. The lowest BCUT2D eigenvalue weighted by molar-refractivity contribution is -0.0321. The van der Waals surface area contributed by atoms with Crippen LogP contribution in [-0.2, 0) is 0 Å². The maximum absolute atomic E-state index is 10.6. The fourth-order valence-corrected chi connectivity index (χ4v) is 3.42. The Hall–Kier alpha value is -0.590. The smallest absolute Gasteiger partial charge is 0.0869 e. The van der Waals surface area contributed by atoms with Crippen LogP contribution in [0.3, 0.4) is 0 Å². The molecule has 0 aliphatic heterocycles. The van der Waals surface area contributed by atoms with Crippen LogP contribution in [0.2, 0.25) is 0 Å². The molecule has 0 aromatic heterocycles. The van der Waals surface area contributed by atoms with E-state index >= 15 is 0 Å². The first-order chi connectivity index (χ1) is 8.23. The topological polar surface area (TPSA) is 47.3 Å². The van der Waals surface area contributed by atoms with E-state index in [1.54, 1.807) is 0 Å². The first-order valence-electron chi connectivity index (χ1n) is 7.07. The Balaban J connectivity index is 1.93. The quantitative estimate of drug-likeness (QED) is 0.763. The third-order valence-electron chi connectivity index (χ3n) is 4.40. The highest BCUT2D eigenvalue weighted by Gasteiger charge is 2.34. The van der Waals surface area contributed by atoms with Gasteiger partial charge in [0, 0.05) is 12.6 Å². The molecule has 0 saturated heterocycles. The molecule has 0 radical (unpaired) electrons. The van der Waals surface area contributed by atoms with Gasteiger partial charge in [-0.15, -0.1) is 0 Å². The second-order valence-corrected chi connectivity index (χ2v) is 5.79. The lowest BCUT2D eigenvalue weighted by atomic mass is 9.84. The highest BCUT2D eigenvalue weighted by molar-refractivity contribution is 4.92. The van der Waals surface area contributed by atoms with Crippen molar-refractivity contribution < 1.29 is 5.11 Å². The minimum absolute atomic E-state index is 0.479. The summed E-state index contributed by atoms with van der Waals surface area (Å²) < 4.78 is 0. The van der Waals surface area contributed by atoms with Gasteiger partial charge >= 0.3 is 0 Å². The summed E-state index contributed by atoms with van der Waals surface area (Å²) in [4.78, 5) is 2.23. The SMILES string of the molecule is N#CCN(CC1(O)CCCCC1)C1CCCC1. The van der Waals surface area contributed by atoms with Gasteiger partial charge in [0.25, 0.3) is 0 Å². The van der Waals surface area contributed by atoms with E-state index in [4.69, 9.17) is 5.26 Å². The molecule has 0 unspecified atom stereocenters. The Morgan fingerprint density at radius 1 is 1.12 bits per heavy atom. The Labute approximate surface area is 104 Å². The number of aliphatic hydroxyl groups is 1. The van der Waals surface area contributed by atoms with E-state index < -0.39 is 5.60 Å². The number of hydrogen-bond donors (Lipinski definition) is 1. The number of hydrogen-bond acceptors (Lipinski definition) is 3. The van der Waals surface area contributed by atoms with Gasteiger partial charge in [-0.3, -0.25) is 4.90 Å². The van der Waals surface area contributed by atoms with E-state index in [0.29, 0.717) is 19.1 Å². The van der Waals surface area contributed by atoms with Gasteiger partial charge in [0.2, 0.25) is 0 Å². The molecular weight excluding hydrogens is 212 g/mol. The van der Waals surface area contributed by atoms with Crippen LogP contribution in [0.5, 0.6) is 0 Å². The van der Waals surface area contributed by atoms with E-state index in [1.165, 1.54) is 32.1 Å². The summed E-state index contributed by atoms with van der Waals surface area (Å²) >= 11 is 0. The first kappa shape index (κ1) is 12.9. The Morgan fingerprint density at radius 3 is 2.35 bits per heavy atom. The molecular formula is C14H24N2O. The molecule has 0 heterocycles. The van der Waals surface area contributed by atoms with Gasteiger partial charge in [0.1, 0.15) is 0 Å². The van der Waals surface area contributed by atoms with Crippen molar-refractivity contribution in [1.29, 1.82) is 5.26 Å². The normalized spacial score (nSPS) is 25.0. The highest BCUT2D eigenvalue weighted by atomic mass is 16.3. The van der Waals surface area contributed by atoms with Crippen LogP contribution in [0.25, 0.3) is 0 Å². The third-order valence-corrected chi connectivity index (χ3v) is 4.40. The molecule has 96 valence electrons. The summed E-state index contributed by atoms with van der Waals surface area (Å²) in [5.74, 6) is 0. The number of nitriles is 1. The molecule has 0 amide bonds. The third kappa shape index (κ3) is 3.43. The van der Waals surface area contributed by atoms with E-state index in [9.17, 15) is 5.11 Å². The average Bonchev–Trinajstić information content (AvgIpc) is 2.82. The second kappa shape index (κ2) is 5.84. The first-order valence-corrected chi connectivity index (χ1v) is 7.07. The predicted octanol–water partition coefficient (Wildman–Crippen LogP) is 2.45. The fraction of sp³-hybridized carbons (Fsp3) is 0.929. The zero-order valence-electron chi connectivity index (χ0n) is 10.7. The van der Waals surface area contributed by atoms with Gasteiger partial charge in [0.15, 0.2) is 0 Å². The van der Waals surface area contributed by atoms with Crippen LogP contribution >= 0.6 is 0 Å². The van der Waals surface area contributed by atoms with Crippen molar-refractivity contribution in [3.8, 4) is 6.07 Å². The van der Waals surface area contributed by atoms with Gasteiger partial charge < -0.3 is 5.11 Å². The Kier molecular flexibility index (Phi) is 4.42. The minimum atomic E-state index is -0.516. The Bertz CT molecular complexity index is 272. The summed E-state index contributed by atoms with van der Waals surface area (Å²) in [7, 11) is 0. The largest absolute Gasteiger partial charge is 0.389 e. The van der Waals surface area contributed by atoms with E-state index in [0.717, 1.165) is 25.7 Å². The van der Waals surface area contributed by atoms with Gasteiger partial charge in [0.05, 0.1) is 18.2 Å². The van der Waals surface area contributed by atoms with Crippen LogP contribution < -0.4 is 0 Å². The summed E-state index contributed by atoms with van der Waals surface area (Å²) in [6.45, 7) is 1.19. The van der Waals surface area contributed by atoms with Gasteiger partial charge in [-0.05, 0) is 25.7 Å². The van der Waals surface area contributed by atoms with Crippen molar-refractivity contribution in [2.24, 2.45) is 0 Å². The zero-order chi connectivity index (χ0) is 12.1. The van der Waals surface area contributed by atoms with Crippen LogP contribution in [0.15, 0.2) is 0 Å². The maximum Gasteiger partial charge on any atom is 0.0869 e. The van der Waals surface area contributed by atoms with Crippen LogP contribution in [-0.4, -0.2) is 34.7 Å². The molecule has 3 nitrogen and oxygen atoms in total. The molecule has 1 N–H and O–H groups in total. The van der Waals surface area contributed by atoms with Crippen LogP contribution in [0, 0.1) is 11.3 Å². The molecule has 17 heavy (non-hydrogen) atoms. The lowest BCUT2D eigenvalue weighted by Crippen LogP contribution is -2.47. The number of nitrogens with zero attached hydrogens (tertiary/aromatic N) is 2. The van der Waals surface area contributed by atoms with Gasteiger partial charge in [-0.25, -0.2) is 0 Å². The maximum atomic E-state index is 10.6. The molecule has 0 aromatic rings. The molecule has 2 rings (SSSR count). The second-order valence-electron chi connectivity index (χ2n) is 5.79. The van der Waals surface area contributed by atoms with Crippen molar-refractivity contribution in [3.63, 3.8) is 0 Å². The van der Waals surface area contributed by atoms with Crippen molar-refractivity contribution in [2.75, 3.05) is 13.1 Å². The fourth-order valence-electron chi connectivity index (χ4n) is 3.42. The lowest BCUT2D eigenvalue weighted by Gasteiger charge is -2.38. The van der Waals surface area contributed by atoms with Crippen molar-refractivity contribution >= 4 is 0 Å². The summed E-state index contributed by atoms with van der Waals surface area (Å²) in [5.41, 5.74) is -0.516. The predicted molar refractivity (Wildman–Crippen MR) is 67.5 cm³/mol. The summed E-state index contributed by atoms with van der Waals surface area (Å²) in [6, 6.07) is 2.81. The van der Waals surface area contributed by atoms with Crippen molar-refractivity contribution in [1.82, 2.24) is 4.90 Å². The molecule has 2 aliphatic carbocycles. The molecule has 3 heteroatoms. The minimum Gasteiger partial charge on any atom is -0.389 e. The summed E-state index contributed by atoms with van der Waals surface area (Å²) in [5, 5.41) is 19.5. The van der Waals surface area contributed by atoms with E-state index in [-0.39, 0.29) is 0 Å². The van der Waals surface area contributed by atoms with Crippen molar-refractivity contribution in [2.45, 2.75) is 69.4 Å². The average molecular weight is 236 g/mol. The van der Waals surface area contributed by atoms with Crippen LogP contribution in [0.4, 0.5) is 0 Å². The highest BCUT2D eigenvalue weighted by Crippen LogP contribution is 2.31. The zero-order valence-corrected chi connectivity index (χ0v) is 10.7. The van der Waals surface area contributed by atoms with Gasteiger partial charge in [-0.2, -0.15) is 5.26 Å². The molecule has 0 atom stereocenters. The standard InChI is InChI=1S/C14H24N2O/c15-10-11-16(13-6-2-3-7-13)12-14(17)8-4-1-5-9-14/h13,17H,1-9,11-12H2. The van der Waals surface area contributed by atoms with Gasteiger partial charge in [-0.1, -0.05) is 32.1 Å². The van der Waals surface area contributed by atoms with Crippen LogP contribution in [0.1, 0.15) is 57.8 Å². The molecule has 0 spiro atoms. The molecule has 0 bridgehead atoms. The van der Waals surface area contributed by atoms with E-state index in [1.807, 2.05) is 0 Å². The number of rotatable bonds is 4. The monoisotopic (exact) mass is 236 g/mol.